The van der Waals surface area contributed by atoms with Crippen molar-refractivity contribution in [3.05, 3.63) is 38.9 Å². The molecule has 0 saturated heterocycles. The van der Waals surface area contributed by atoms with E-state index in [1.54, 1.807) is 17.6 Å². The molecule has 19 heavy (non-hydrogen) atoms. The summed E-state index contributed by atoms with van der Waals surface area (Å²) < 4.78 is 21.1. The van der Waals surface area contributed by atoms with Crippen LogP contribution in [-0.4, -0.2) is 19.7 Å². The number of aromatic amines is 1. The topological polar surface area (TPSA) is 59.6 Å². The molecule has 0 unspecified atom stereocenters. The van der Waals surface area contributed by atoms with Crippen LogP contribution in [0.3, 0.4) is 0 Å². The Morgan fingerprint density at radius 3 is 3.00 bits per heavy atom. The number of rotatable bonds is 2. The Morgan fingerprint density at radius 1 is 1.53 bits per heavy atom. The Bertz CT molecular complexity index is 822. The largest absolute Gasteiger partial charge is 0.340 e. The molecule has 1 aromatic carbocycles. The van der Waals surface area contributed by atoms with Crippen molar-refractivity contribution in [2.75, 3.05) is 0 Å². The molecule has 3 aromatic rings. The van der Waals surface area contributed by atoms with Crippen LogP contribution in [0.5, 0.6) is 0 Å². The van der Waals surface area contributed by atoms with Crippen LogP contribution in [0, 0.1) is 17.5 Å². The van der Waals surface area contributed by atoms with E-state index >= 15 is 0 Å². The molecule has 0 fully saturated rings. The fourth-order valence-electron chi connectivity index (χ4n) is 1.86. The van der Waals surface area contributed by atoms with E-state index in [-0.39, 0.29) is 5.82 Å². The summed E-state index contributed by atoms with van der Waals surface area (Å²) in [6.07, 6.45) is 0. The van der Waals surface area contributed by atoms with Crippen molar-refractivity contribution in [2.45, 2.75) is 13.5 Å². The summed E-state index contributed by atoms with van der Waals surface area (Å²) >= 11 is 8.37. The Balaban J connectivity index is 2.15. The first-order valence-electron chi connectivity index (χ1n) is 5.41. The van der Waals surface area contributed by atoms with Gasteiger partial charge in [0, 0.05) is 13.0 Å². The van der Waals surface area contributed by atoms with Gasteiger partial charge in [0.2, 0.25) is 5.89 Å². The Labute approximate surface area is 120 Å². The monoisotopic (exact) mass is 342 g/mol. The standard InChI is InChI=1S/C11H8BrFN4OS/c1-5-14-10(16-18-5)4-17-9-3-7(13)6(12)2-8(9)15-11(17)19/h2-3H,4H2,1H3,(H,15,19). The number of fused-ring (bicyclic) bond motifs is 1. The van der Waals surface area contributed by atoms with Gasteiger partial charge in [-0.25, -0.2) is 4.39 Å². The van der Waals surface area contributed by atoms with Crippen molar-refractivity contribution in [3.8, 4) is 0 Å². The van der Waals surface area contributed by atoms with Gasteiger partial charge in [0.15, 0.2) is 10.6 Å². The molecular formula is C11H8BrFN4OS. The maximum atomic E-state index is 13.6. The molecule has 8 heteroatoms. The molecule has 2 aromatic heterocycles. The van der Waals surface area contributed by atoms with Crippen LogP contribution >= 0.6 is 28.1 Å². The van der Waals surface area contributed by atoms with Crippen LogP contribution in [0.1, 0.15) is 11.7 Å². The van der Waals surface area contributed by atoms with Gasteiger partial charge in [-0.2, -0.15) is 4.98 Å². The highest BCUT2D eigenvalue weighted by molar-refractivity contribution is 9.10. The minimum absolute atomic E-state index is 0.331. The Morgan fingerprint density at radius 2 is 2.32 bits per heavy atom. The van der Waals surface area contributed by atoms with Gasteiger partial charge in [-0.1, -0.05) is 5.16 Å². The van der Waals surface area contributed by atoms with E-state index in [0.717, 1.165) is 5.52 Å². The Kier molecular flexibility index (Phi) is 2.98. The quantitative estimate of drug-likeness (QED) is 0.725. The first-order chi connectivity index (χ1) is 9.04. The summed E-state index contributed by atoms with van der Waals surface area (Å²) in [6, 6.07) is 3.07. The summed E-state index contributed by atoms with van der Waals surface area (Å²) in [7, 11) is 0. The van der Waals surface area contributed by atoms with E-state index < -0.39 is 0 Å². The summed E-state index contributed by atoms with van der Waals surface area (Å²) in [4.78, 5) is 7.13. The predicted molar refractivity (Wildman–Crippen MR) is 72.9 cm³/mol. The highest BCUT2D eigenvalue weighted by Crippen LogP contribution is 2.23. The number of benzene rings is 1. The molecular weight excluding hydrogens is 335 g/mol. The van der Waals surface area contributed by atoms with Crippen molar-refractivity contribution in [1.29, 1.82) is 0 Å². The third-order valence-electron chi connectivity index (χ3n) is 2.69. The van der Waals surface area contributed by atoms with E-state index in [0.29, 0.717) is 33.0 Å². The van der Waals surface area contributed by atoms with Gasteiger partial charge in [-0.05, 0) is 34.2 Å². The van der Waals surface area contributed by atoms with Crippen LogP contribution < -0.4 is 0 Å². The van der Waals surface area contributed by atoms with Crippen molar-refractivity contribution in [2.24, 2.45) is 0 Å². The van der Waals surface area contributed by atoms with Crippen molar-refractivity contribution in [1.82, 2.24) is 19.7 Å². The van der Waals surface area contributed by atoms with Gasteiger partial charge < -0.3 is 14.1 Å². The SMILES string of the molecule is Cc1nc(Cn2c(=S)[nH]c3cc(Br)c(F)cc32)no1. The lowest BCUT2D eigenvalue weighted by atomic mass is 10.3. The molecule has 0 aliphatic carbocycles. The minimum Gasteiger partial charge on any atom is -0.340 e. The van der Waals surface area contributed by atoms with Gasteiger partial charge in [-0.3, -0.25) is 0 Å². The molecule has 0 aliphatic rings. The van der Waals surface area contributed by atoms with E-state index in [1.807, 2.05) is 0 Å². The third kappa shape index (κ3) is 2.21. The molecule has 0 amide bonds. The number of nitrogens with zero attached hydrogens (tertiary/aromatic N) is 3. The zero-order valence-corrected chi connectivity index (χ0v) is 12.2. The lowest BCUT2D eigenvalue weighted by Crippen LogP contribution is -2.01. The number of H-pyrrole nitrogens is 1. The highest BCUT2D eigenvalue weighted by Gasteiger charge is 2.11. The zero-order valence-electron chi connectivity index (χ0n) is 9.78. The number of nitrogens with one attached hydrogen (secondary N) is 1. The summed E-state index contributed by atoms with van der Waals surface area (Å²) in [5, 5.41) is 3.81. The van der Waals surface area contributed by atoms with E-state index in [4.69, 9.17) is 16.7 Å². The average Bonchev–Trinajstić information content (AvgIpc) is 2.87. The van der Waals surface area contributed by atoms with Gasteiger partial charge in [0.25, 0.3) is 0 Å². The number of hydrogen-bond acceptors (Lipinski definition) is 4. The molecule has 0 radical (unpaired) electrons. The summed E-state index contributed by atoms with van der Waals surface area (Å²) in [5.41, 5.74) is 1.41. The fourth-order valence-corrected chi connectivity index (χ4v) is 2.47. The number of aromatic nitrogens is 4. The van der Waals surface area contributed by atoms with Crippen LogP contribution in [0.25, 0.3) is 11.0 Å². The lowest BCUT2D eigenvalue weighted by Gasteiger charge is -2.01. The molecule has 98 valence electrons. The van der Waals surface area contributed by atoms with Gasteiger partial charge in [0.05, 0.1) is 22.1 Å². The van der Waals surface area contributed by atoms with Crippen LogP contribution in [0.15, 0.2) is 21.1 Å². The molecule has 0 bridgehead atoms. The number of halogens is 2. The number of imidazole rings is 1. The van der Waals surface area contributed by atoms with Gasteiger partial charge >= 0.3 is 0 Å². The normalized spacial score (nSPS) is 11.3. The van der Waals surface area contributed by atoms with Crippen LogP contribution in [-0.2, 0) is 6.54 Å². The minimum atomic E-state index is -0.348. The smallest absolute Gasteiger partial charge is 0.223 e. The van der Waals surface area contributed by atoms with Crippen LogP contribution in [0.4, 0.5) is 4.39 Å². The second kappa shape index (κ2) is 4.53. The average molecular weight is 343 g/mol. The van der Waals surface area contributed by atoms with E-state index in [9.17, 15) is 4.39 Å². The van der Waals surface area contributed by atoms with E-state index in [1.165, 1.54) is 6.07 Å². The summed E-state index contributed by atoms with van der Waals surface area (Å²) in [5.74, 6) is 0.632. The fraction of sp³-hybridized carbons (Fsp3) is 0.182. The van der Waals surface area contributed by atoms with Crippen molar-refractivity contribution < 1.29 is 8.91 Å². The van der Waals surface area contributed by atoms with Crippen molar-refractivity contribution in [3.63, 3.8) is 0 Å². The molecule has 0 spiro atoms. The lowest BCUT2D eigenvalue weighted by molar-refractivity contribution is 0.386. The molecule has 0 atom stereocenters. The Hall–Kier alpha value is -1.54. The summed E-state index contributed by atoms with van der Waals surface area (Å²) in [6.45, 7) is 2.04. The maximum absolute atomic E-state index is 13.6. The van der Waals surface area contributed by atoms with Crippen molar-refractivity contribution >= 4 is 39.2 Å². The van der Waals surface area contributed by atoms with Crippen LogP contribution in [0.2, 0.25) is 0 Å². The first-order valence-corrected chi connectivity index (χ1v) is 6.61. The second-order valence-electron chi connectivity index (χ2n) is 4.03. The molecule has 0 saturated carbocycles. The number of hydrogen-bond donors (Lipinski definition) is 1. The highest BCUT2D eigenvalue weighted by atomic mass is 79.9. The molecule has 3 rings (SSSR count). The molecule has 0 aliphatic heterocycles. The van der Waals surface area contributed by atoms with Gasteiger partial charge in [0.1, 0.15) is 5.82 Å². The zero-order chi connectivity index (χ0) is 13.6. The second-order valence-corrected chi connectivity index (χ2v) is 5.27. The van der Waals surface area contributed by atoms with E-state index in [2.05, 4.69) is 31.1 Å². The first kappa shape index (κ1) is 12.5. The number of aryl methyl sites for hydroxylation is 1. The van der Waals surface area contributed by atoms with Gasteiger partial charge in [-0.15, -0.1) is 0 Å². The molecule has 5 nitrogen and oxygen atoms in total. The molecule has 2 heterocycles. The third-order valence-corrected chi connectivity index (χ3v) is 3.62. The maximum Gasteiger partial charge on any atom is 0.223 e. The molecule has 1 N–H and O–H groups in total. The predicted octanol–water partition coefficient (Wildman–Crippen LogP) is 3.34.